The van der Waals surface area contributed by atoms with Crippen molar-refractivity contribution in [3.05, 3.63) is 95.8 Å². The van der Waals surface area contributed by atoms with E-state index in [1.165, 1.54) is 0 Å². The van der Waals surface area contributed by atoms with Crippen molar-refractivity contribution >= 4 is 5.91 Å². The number of nitrogens with zero attached hydrogens (tertiary/aromatic N) is 1. The number of carbonyl (C=O) groups is 1. The van der Waals surface area contributed by atoms with Gasteiger partial charge in [-0.3, -0.25) is 4.79 Å². The molecule has 0 aliphatic rings. The summed E-state index contributed by atoms with van der Waals surface area (Å²) in [6.45, 7) is 0.418. The highest BCUT2D eigenvalue weighted by Gasteiger charge is 2.22. The van der Waals surface area contributed by atoms with Gasteiger partial charge in [0.2, 0.25) is 5.91 Å². The van der Waals surface area contributed by atoms with E-state index in [9.17, 15) is 9.90 Å². The molecule has 0 aliphatic heterocycles. The van der Waals surface area contributed by atoms with Gasteiger partial charge in [0, 0.05) is 25.5 Å². The van der Waals surface area contributed by atoms with Gasteiger partial charge in [0.1, 0.15) is 0 Å². The number of benzene rings is 2. The molecule has 1 heterocycles. The first-order chi connectivity index (χ1) is 12.7. The van der Waals surface area contributed by atoms with Gasteiger partial charge in [0.25, 0.3) is 0 Å². The summed E-state index contributed by atoms with van der Waals surface area (Å²) < 4.78 is 1.89. The fourth-order valence-electron chi connectivity index (χ4n) is 3.19. The molecule has 0 radical (unpaired) electrons. The largest absolute Gasteiger partial charge is 0.387 e. The van der Waals surface area contributed by atoms with E-state index in [0.29, 0.717) is 13.0 Å². The first-order valence-corrected chi connectivity index (χ1v) is 8.83. The highest BCUT2D eigenvalue weighted by atomic mass is 16.3. The van der Waals surface area contributed by atoms with Gasteiger partial charge in [-0.25, -0.2) is 0 Å². The van der Waals surface area contributed by atoms with Crippen molar-refractivity contribution < 1.29 is 9.90 Å². The van der Waals surface area contributed by atoms with Crippen molar-refractivity contribution in [2.24, 2.45) is 7.05 Å². The van der Waals surface area contributed by atoms with E-state index in [1.54, 1.807) is 0 Å². The Morgan fingerprint density at radius 2 is 1.54 bits per heavy atom. The second kappa shape index (κ2) is 8.50. The van der Waals surface area contributed by atoms with Gasteiger partial charge in [0.05, 0.1) is 12.0 Å². The summed E-state index contributed by atoms with van der Waals surface area (Å²) in [5.74, 6) is -0.411. The Hall–Kier alpha value is -2.85. The van der Waals surface area contributed by atoms with Crippen LogP contribution in [0.1, 0.15) is 35.3 Å². The number of carbonyl (C=O) groups excluding carboxylic acids is 1. The maximum absolute atomic E-state index is 12.9. The zero-order chi connectivity index (χ0) is 18.4. The van der Waals surface area contributed by atoms with Crippen molar-refractivity contribution in [1.82, 2.24) is 9.88 Å². The van der Waals surface area contributed by atoms with Crippen LogP contribution in [-0.4, -0.2) is 22.1 Å². The Bertz CT molecular complexity index is 788. The van der Waals surface area contributed by atoms with Gasteiger partial charge in [0.15, 0.2) is 0 Å². The number of aliphatic hydroxyl groups is 1. The summed E-state index contributed by atoms with van der Waals surface area (Å²) in [5, 5.41) is 13.3. The smallest absolute Gasteiger partial charge is 0.232 e. The van der Waals surface area contributed by atoms with Gasteiger partial charge < -0.3 is 15.0 Å². The van der Waals surface area contributed by atoms with Crippen molar-refractivity contribution in [2.75, 3.05) is 6.54 Å². The average molecular weight is 348 g/mol. The summed E-state index contributed by atoms with van der Waals surface area (Å²) in [6, 6.07) is 23.3. The molecule has 0 aliphatic carbocycles. The lowest BCUT2D eigenvalue weighted by Gasteiger charge is -2.19. The Kier molecular flexibility index (Phi) is 5.87. The quantitative estimate of drug-likeness (QED) is 0.688. The van der Waals surface area contributed by atoms with Crippen LogP contribution in [0.3, 0.4) is 0 Å². The molecule has 1 aromatic heterocycles. The zero-order valence-corrected chi connectivity index (χ0v) is 14.9. The predicted octanol–water partition coefficient (Wildman–Crippen LogP) is 3.40. The summed E-state index contributed by atoms with van der Waals surface area (Å²) >= 11 is 0. The fourth-order valence-corrected chi connectivity index (χ4v) is 3.19. The Morgan fingerprint density at radius 1 is 0.962 bits per heavy atom. The highest BCUT2D eigenvalue weighted by Crippen LogP contribution is 2.25. The maximum atomic E-state index is 12.9. The topological polar surface area (TPSA) is 54.3 Å². The van der Waals surface area contributed by atoms with E-state index < -0.39 is 6.10 Å². The third-order valence-electron chi connectivity index (χ3n) is 4.57. The molecule has 2 aromatic carbocycles. The SMILES string of the molecule is Cn1cccc1C(O)CCNC(=O)C(c1ccccc1)c1ccccc1. The van der Waals surface area contributed by atoms with Crippen molar-refractivity contribution in [2.45, 2.75) is 18.4 Å². The first-order valence-electron chi connectivity index (χ1n) is 8.83. The molecule has 0 saturated heterocycles. The van der Waals surface area contributed by atoms with Crippen LogP contribution in [0.4, 0.5) is 0 Å². The van der Waals surface area contributed by atoms with Crippen LogP contribution >= 0.6 is 0 Å². The van der Waals surface area contributed by atoms with Crippen molar-refractivity contribution in [3.63, 3.8) is 0 Å². The first kappa shape index (κ1) is 18.0. The highest BCUT2D eigenvalue weighted by molar-refractivity contribution is 5.87. The lowest BCUT2D eigenvalue weighted by Crippen LogP contribution is -2.31. The number of hydrogen-bond acceptors (Lipinski definition) is 2. The maximum Gasteiger partial charge on any atom is 0.232 e. The minimum Gasteiger partial charge on any atom is -0.387 e. The molecule has 0 fully saturated rings. The van der Waals surface area contributed by atoms with E-state index in [1.807, 2.05) is 90.6 Å². The number of amides is 1. The molecular formula is C22H24N2O2. The van der Waals surface area contributed by atoms with Gasteiger partial charge in [-0.15, -0.1) is 0 Å². The molecule has 0 saturated carbocycles. The van der Waals surface area contributed by atoms with Crippen molar-refractivity contribution in [3.8, 4) is 0 Å². The Morgan fingerprint density at radius 3 is 2.04 bits per heavy atom. The minimum absolute atomic E-state index is 0.0542. The third-order valence-corrected chi connectivity index (χ3v) is 4.57. The lowest BCUT2D eigenvalue weighted by atomic mass is 9.90. The predicted molar refractivity (Wildman–Crippen MR) is 103 cm³/mol. The molecule has 1 atom stereocenters. The Labute approximate surface area is 154 Å². The summed E-state index contributed by atoms with van der Waals surface area (Å²) in [7, 11) is 1.90. The standard InChI is InChI=1S/C22H24N2O2/c1-24-16-8-13-19(24)20(25)14-15-23-22(26)21(17-9-4-2-5-10-17)18-11-6-3-7-12-18/h2-13,16,20-21,25H,14-15H2,1H3,(H,23,26). The molecule has 2 N–H and O–H groups in total. The molecule has 3 aromatic rings. The molecule has 4 nitrogen and oxygen atoms in total. The second-order valence-corrected chi connectivity index (χ2v) is 6.39. The zero-order valence-electron chi connectivity index (χ0n) is 14.9. The molecule has 3 rings (SSSR count). The monoisotopic (exact) mass is 348 g/mol. The van der Waals surface area contributed by atoms with Crippen LogP contribution < -0.4 is 5.32 Å². The number of aromatic nitrogens is 1. The molecule has 0 bridgehead atoms. The van der Waals surface area contributed by atoms with Gasteiger partial charge in [-0.05, 0) is 29.7 Å². The molecule has 0 spiro atoms. The number of aryl methyl sites for hydroxylation is 1. The van der Waals surface area contributed by atoms with E-state index in [4.69, 9.17) is 0 Å². The van der Waals surface area contributed by atoms with Crippen LogP contribution in [0.25, 0.3) is 0 Å². The van der Waals surface area contributed by atoms with Crippen LogP contribution in [0.5, 0.6) is 0 Å². The van der Waals surface area contributed by atoms with Crippen LogP contribution in [0.15, 0.2) is 79.0 Å². The average Bonchev–Trinajstić information content (AvgIpc) is 3.10. The van der Waals surface area contributed by atoms with Gasteiger partial charge in [-0.2, -0.15) is 0 Å². The Balaban J connectivity index is 1.68. The number of nitrogens with one attached hydrogen (secondary N) is 1. The molecule has 26 heavy (non-hydrogen) atoms. The fraction of sp³-hybridized carbons (Fsp3) is 0.227. The second-order valence-electron chi connectivity index (χ2n) is 6.39. The van der Waals surface area contributed by atoms with E-state index >= 15 is 0 Å². The molecule has 1 unspecified atom stereocenters. The van der Waals surface area contributed by atoms with E-state index in [0.717, 1.165) is 16.8 Å². The third kappa shape index (κ3) is 4.21. The lowest BCUT2D eigenvalue weighted by molar-refractivity contribution is -0.121. The number of hydrogen-bond donors (Lipinski definition) is 2. The van der Waals surface area contributed by atoms with Crippen LogP contribution in [0.2, 0.25) is 0 Å². The molecule has 1 amide bonds. The van der Waals surface area contributed by atoms with E-state index in [-0.39, 0.29) is 11.8 Å². The number of aliphatic hydroxyl groups excluding tert-OH is 1. The summed E-state index contributed by atoms with van der Waals surface area (Å²) in [5.41, 5.74) is 2.76. The normalized spacial score (nSPS) is 12.1. The molecule has 134 valence electrons. The van der Waals surface area contributed by atoms with Crippen LogP contribution in [0, 0.1) is 0 Å². The minimum atomic E-state index is -0.595. The number of rotatable bonds is 7. The van der Waals surface area contributed by atoms with Gasteiger partial charge in [-0.1, -0.05) is 60.7 Å². The van der Waals surface area contributed by atoms with E-state index in [2.05, 4.69) is 5.32 Å². The summed E-state index contributed by atoms with van der Waals surface area (Å²) in [6.07, 6.45) is 1.78. The van der Waals surface area contributed by atoms with Crippen molar-refractivity contribution in [1.29, 1.82) is 0 Å². The molecule has 4 heteroatoms. The van der Waals surface area contributed by atoms with Gasteiger partial charge >= 0.3 is 0 Å². The summed E-state index contributed by atoms with van der Waals surface area (Å²) in [4.78, 5) is 12.9. The van der Waals surface area contributed by atoms with Crippen LogP contribution in [-0.2, 0) is 11.8 Å². The molecular weight excluding hydrogens is 324 g/mol.